The van der Waals surface area contributed by atoms with Crippen LogP contribution in [0.25, 0.3) is 0 Å². The maximum absolute atomic E-state index is 13.5. The highest BCUT2D eigenvalue weighted by molar-refractivity contribution is 5.93. The van der Waals surface area contributed by atoms with E-state index in [0.29, 0.717) is 12.0 Å². The van der Waals surface area contributed by atoms with Gasteiger partial charge in [-0.2, -0.15) is 0 Å². The van der Waals surface area contributed by atoms with Crippen molar-refractivity contribution in [3.8, 4) is 0 Å². The first-order valence-electron chi connectivity index (χ1n) is 10.7. The predicted molar refractivity (Wildman–Crippen MR) is 120 cm³/mol. The fourth-order valence-corrected chi connectivity index (χ4v) is 3.56. The summed E-state index contributed by atoms with van der Waals surface area (Å²) in [6.45, 7) is 21.4. The Bertz CT molecular complexity index is 621. The Morgan fingerprint density at radius 2 is 1.45 bits per heavy atom. The molecular weight excluding hydrogens is 364 g/mol. The van der Waals surface area contributed by atoms with Gasteiger partial charge in [0.25, 0.3) is 0 Å². The van der Waals surface area contributed by atoms with E-state index in [1.54, 1.807) is 18.9 Å². The van der Waals surface area contributed by atoms with Crippen LogP contribution in [0.3, 0.4) is 0 Å². The van der Waals surface area contributed by atoms with Gasteiger partial charge < -0.3 is 10.2 Å². The van der Waals surface area contributed by atoms with Gasteiger partial charge in [0.15, 0.2) is 5.78 Å². The third-order valence-electron chi connectivity index (χ3n) is 5.62. The second kappa shape index (κ2) is 10.4. The van der Waals surface area contributed by atoms with E-state index >= 15 is 0 Å². The van der Waals surface area contributed by atoms with Crippen LogP contribution in [0.15, 0.2) is 11.6 Å². The van der Waals surface area contributed by atoms with Gasteiger partial charge in [0, 0.05) is 13.0 Å². The molecule has 0 aliphatic heterocycles. The number of ketones is 1. The largest absolute Gasteiger partial charge is 0.344 e. The molecule has 0 spiro atoms. The number of hydrogen-bond acceptors (Lipinski definition) is 3. The molecule has 0 fully saturated rings. The van der Waals surface area contributed by atoms with Crippen molar-refractivity contribution >= 4 is 17.6 Å². The molecular formula is C24H44N2O3. The Labute approximate surface area is 178 Å². The van der Waals surface area contributed by atoms with Crippen molar-refractivity contribution < 1.29 is 14.4 Å². The van der Waals surface area contributed by atoms with E-state index in [-0.39, 0.29) is 40.9 Å². The molecule has 29 heavy (non-hydrogen) atoms. The quantitative estimate of drug-likeness (QED) is 0.597. The molecule has 3 atom stereocenters. The highest BCUT2D eigenvalue weighted by atomic mass is 16.2. The second-order valence-corrected chi connectivity index (χ2v) is 10.7. The molecule has 0 aliphatic rings. The zero-order valence-electron chi connectivity index (χ0n) is 20.8. The number of carbonyl (C=O) groups is 3. The van der Waals surface area contributed by atoms with Crippen LogP contribution in [0.1, 0.15) is 82.6 Å². The molecule has 5 nitrogen and oxygen atoms in total. The Morgan fingerprint density at radius 3 is 1.76 bits per heavy atom. The minimum absolute atomic E-state index is 0.00635. The smallest absolute Gasteiger partial charge is 0.245 e. The molecule has 0 radical (unpaired) electrons. The first-order chi connectivity index (χ1) is 12.9. The molecule has 0 unspecified atom stereocenters. The monoisotopic (exact) mass is 408 g/mol. The van der Waals surface area contributed by atoms with Gasteiger partial charge in [0.05, 0.1) is 6.04 Å². The highest BCUT2D eigenvalue weighted by Gasteiger charge is 2.39. The SMILES string of the molecule is CC[C@H](C(=O)N[C@H](C(=O)N(C)[C@H](/C=C(\C)C(C)=O)C(C)C)C(C)(C)C)C(C)(C)C. The van der Waals surface area contributed by atoms with Crippen LogP contribution in [0.2, 0.25) is 0 Å². The minimum atomic E-state index is -0.649. The van der Waals surface area contributed by atoms with E-state index < -0.39 is 11.5 Å². The summed E-state index contributed by atoms with van der Waals surface area (Å²) in [7, 11) is 1.75. The van der Waals surface area contributed by atoms with Gasteiger partial charge >= 0.3 is 0 Å². The van der Waals surface area contributed by atoms with Gasteiger partial charge in [-0.05, 0) is 42.6 Å². The Balaban J connectivity index is 5.89. The van der Waals surface area contributed by atoms with Crippen molar-refractivity contribution in [1.29, 1.82) is 0 Å². The first kappa shape index (κ1) is 27.4. The van der Waals surface area contributed by atoms with Crippen LogP contribution in [-0.4, -0.2) is 41.6 Å². The summed E-state index contributed by atoms with van der Waals surface area (Å²) in [4.78, 5) is 39.9. The fourth-order valence-electron chi connectivity index (χ4n) is 3.56. The number of rotatable bonds is 8. The average Bonchev–Trinajstić information content (AvgIpc) is 2.53. The van der Waals surface area contributed by atoms with E-state index in [9.17, 15) is 14.4 Å². The Hall–Kier alpha value is -1.65. The van der Waals surface area contributed by atoms with Crippen molar-refractivity contribution in [3.05, 3.63) is 11.6 Å². The van der Waals surface area contributed by atoms with Crippen molar-refractivity contribution in [2.75, 3.05) is 7.05 Å². The number of carbonyl (C=O) groups excluding carboxylic acids is 3. The topological polar surface area (TPSA) is 66.5 Å². The number of hydrogen-bond donors (Lipinski definition) is 1. The number of likely N-dealkylation sites (N-methyl/N-ethyl adjacent to an activating group) is 1. The third kappa shape index (κ3) is 7.94. The summed E-state index contributed by atoms with van der Waals surface area (Å²) in [6.07, 6.45) is 2.57. The van der Waals surface area contributed by atoms with E-state index in [2.05, 4.69) is 5.32 Å². The molecule has 0 saturated heterocycles. The van der Waals surface area contributed by atoms with Crippen molar-refractivity contribution in [1.82, 2.24) is 10.2 Å². The van der Waals surface area contributed by atoms with Crippen molar-refractivity contribution in [2.24, 2.45) is 22.7 Å². The summed E-state index contributed by atoms with van der Waals surface area (Å²) in [6, 6.07) is -0.874. The Morgan fingerprint density at radius 1 is 0.966 bits per heavy atom. The third-order valence-corrected chi connectivity index (χ3v) is 5.62. The molecule has 1 N–H and O–H groups in total. The van der Waals surface area contributed by atoms with Gasteiger partial charge in [-0.1, -0.05) is 68.4 Å². The lowest BCUT2D eigenvalue weighted by molar-refractivity contribution is -0.142. The lowest BCUT2D eigenvalue weighted by Gasteiger charge is -2.39. The van der Waals surface area contributed by atoms with Gasteiger partial charge in [-0.25, -0.2) is 0 Å². The van der Waals surface area contributed by atoms with Gasteiger partial charge in [-0.15, -0.1) is 0 Å². The maximum atomic E-state index is 13.5. The summed E-state index contributed by atoms with van der Waals surface area (Å²) in [5.74, 6) is -0.272. The molecule has 5 heteroatoms. The molecule has 168 valence electrons. The van der Waals surface area contributed by atoms with Crippen molar-refractivity contribution in [3.63, 3.8) is 0 Å². The fraction of sp³-hybridized carbons (Fsp3) is 0.792. The first-order valence-corrected chi connectivity index (χ1v) is 10.7. The molecule has 0 saturated carbocycles. The lowest BCUT2D eigenvalue weighted by Crippen LogP contribution is -2.57. The standard InChI is InChI=1S/C24H44N2O3/c1-13-18(23(6,7)8)21(28)25-20(24(9,10)11)22(29)26(12)19(15(2)3)14-16(4)17(5)27/h14-15,18-20H,13H2,1-12H3,(H,25,28)/b16-14+/t18-,19-,20-/m1/s1. The zero-order valence-corrected chi connectivity index (χ0v) is 20.8. The van der Waals surface area contributed by atoms with Crippen LogP contribution >= 0.6 is 0 Å². The molecule has 0 rings (SSSR count). The molecule has 0 aromatic heterocycles. The minimum Gasteiger partial charge on any atom is -0.344 e. The lowest BCUT2D eigenvalue weighted by atomic mass is 9.77. The summed E-state index contributed by atoms with van der Waals surface area (Å²) < 4.78 is 0. The molecule has 0 aliphatic carbocycles. The van der Waals surface area contributed by atoms with E-state index in [0.717, 1.165) is 0 Å². The van der Waals surface area contributed by atoms with Gasteiger partial charge in [-0.3, -0.25) is 14.4 Å². The average molecular weight is 409 g/mol. The van der Waals surface area contributed by atoms with Crippen LogP contribution < -0.4 is 5.32 Å². The van der Waals surface area contributed by atoms with Crippen LogP contribution in [-0.2, 0) is 14.4 Å². The molecule has 0 bridgehead atoms. The number of Topliss-reactive ketones (excluding diaryl/α,β-unsaturated/α-hetero) is 1. The van der Waals surface area contributed by atoms with E-state index in [1.807, 2.05) is 68.4 Å². The predicted octanol–water partition coefficient (Wildman–Crippen LogP) is 4.61. The van der Waals surface area contributed by atoms with Gasteiger partial charge in [0.1, 0.15) is 6.04 Å². The maximum Gasteiger partial charge on any atom is 0.245 e. The van der Waals surface area contributed by atoms with Crippen LogP contribution in [0.4, 0.5) is 0 Å². The number of nitrogens with zero attached hydrogens (tertiary/aromatic N) is 1. The zero-order chi connectivity index (χ0) is 23.3. The summed E-state index contributed by atoms with van der Waals surface area (Å²) >= 11 is 0. The molecule has 0 aromatic rings. The number of amides is 2. The van der Waals surface area contributed by atoms with Crippen LogP contribution in [0.5, 0.6) is 0 Å². The van der Waals surface area contributed by atoms with E-state index in [1.165, 1.54) is 6.92 Å². The number of nitrogens with one attached hydrogen (secondary N) is 1. The Kier molecular flexibility index (Phi) is 9.81. The second-order valence-electron chi connectivity index (χ2n) is 10.7. The summed E-state index contributed by atoms with van der Waals surface area (Å²) in [5, 5.41) is 3.05. The van der Waals surface area contributed by atoms with E-state index in [4.69, 9.17) is 0 Å². The summed E-state index contributed by atoms with van der Waals surface area (Å²) in [5.41, 5.74) is 0.00857. The molecule has 0 aromatic carbocycles. The molecule has 2 amide bonds. The molecule has 0 heterocycles. The van der Waals surface area contributed by atoms with Crippen molar-refractivity contribution in [2.45, 2.75) is 94.7 Å². The normalized spacial score (nSPS) is 16.2. The highest BCUT2D eigenvalue weighted by Crippen LogP contribution is 2.30. The number of allylic oxidation sites excluding steroid dienone is 1. The van der Waals surface area contributed by atoms with Crippen LogP contribution in [0, 0.1) is 22.7 Å². The van der Waals surface area contributed by atoms with Gasteiger partial charge in [0.2, 0.25) is 11.8 Å².